The first-order valence-electron chi connectivity index (χ1n) is 5.90. The van der Waals surface area contributed by atoms with Gasteiger partial charge in [0.15, 0.2) is 5.82 Å². The van der Waals surface area contributed by atoms with Gasteiger partial charge in [0.25, 0.3) is 5.91 Å². The molecule has 2 aromatic rings. The zero-order chi connectivity index (χ0) is 13.8. The van der Waals surface area contributed by atoms with Gasteiger partial charge >= 0.3 is 0 Å². The number of hydrogen-bond acceptors (Lipinski definition) is 4. The number of carbonyl (C=O) groups excluding carboxylic acids is 1. The highest BCUT2D eigenvalue weighted by atomic mass is 16.2. The first-order chi connectivity index (χ1) is 9.13. The summed E-state index contributed by atoms with van der Waals surface area (Å²) in [5, 5.41) is 19.5. The highest BCUT2D eigenvalue weighted by molar-refractivity contribution is 6.02. The molecular formula is C12H14N6O. The van der Waals surface area contributed by atoms with Crippen LogP contribution in [0.3, 0.4) is 0 Å². The van der Waals surface area contributed by atoms with Crippen LogP contribution in [0.15, 0.2) is 18.3 Å². The van der Waals surface area contributed by atoms with E-state index in [1.165, 1.54) is 4.68 Å². The molecule has 0 unspecified atom stereocenters. The van der Waals surface area contributed by atoms with Crippen LogP contribution in [-0.2, 0) is 13.1 Å². The molecule has 98 valence electrons. The fraction of sp³-hybridized carbons (Fsp3) is 0.333. The zero-order valence-corrected chi connectivity index (χ0v) is 10.8. The second-order valence-corrected chi connectivity index (χ2v) is 4.00. The van der Waals surface area contributed by atoms with Gasteiger partial charge in [-0.15, -0.1) is 0 Å². The second-order valence-electron chi connectivity index (χ2n) is 4.00. The van der Waals surface area contributed by atoms with E-state index in [4.69, 9.17) is 5.26 Å². The predicted octanol–water partition coefficient (Wildman–Crippen LogP) is 1.18. The highest BCUT2D eigenvalue weighted by Crippen LogP contribution is 2.08. The molecular weight excluding hydrogens is 244 g/mol. The molecule has 0 bridgehead atoms. The van der Waals surface area contributed by atoms with Gasteiger partial charge in [-0.3, -0.25) is 14.2 Å². The number of carbonyl (C=O) groups is 1. The fourth-order valence-electron chi connectivity index (χ4n) is 1.74. The standard InChI is InChI=1S/C12H14N6O/c1-3-18-10(8-9(2)15-18)12(19)14-11-4-6-17(16-11)7-5-13/h4,6,8H,3,7H2,1-2H3,(H,14,16,19). The van der Waals surface area contributed by atoms with Gasteiger partial charge in [-0.05, 0) is 19.9 Å². The van der Waals surface area contributed by atoms with Crippen molar-refractivity contribution in [3.8, 4) is 6.07 Å². The Labute approximate surface area is 110 Å². The Bertz CT molecular complexity index is 633. The van der Waals surface area contributed by atoms with Gasteiger partial charge in [0.05, 0.1) is 11.8 Å². The molecule has 2 aromatic heterocycles. The monoisotopic (exact) mass is 258 g/mol. The Morgan fingerprint density at radius 3 is 3.00 bits per heavy atom. The second kappa shape index (κ2) is 5.35. The molecule has 0 aliphatic rings. The summed E-state index contributed by atoms with van der Waals surface area (Å²) in [5.41, 5.74) is 1.29. The maximum atomic E-state index is 12.1. The van der Waals surface area contributed by atoms with Crippen molar-refractivity contribution in [2.75, 3.05) is 5.32 Å². The van der Waals surface area contributed by atoms with Gasteiger partial charge < -0.3 is 5.32 Å². The first-order valence-corrected chi connectivity index (χ1v) is 5.90. The smallest absolute Gasteiger partial charge is 0.275 e. The minimum absolute atomic E-state index is 0.155. The van der Waals surface area contributed by atoms with Crippen LogP contribution in [0.2, 0.25) is 0 Å². The number of amides is 1. The molecule has 7 nitrogen and oxygen atoms in total. The summed E-state index contributed by atoms with van der Waals surface area (Å²) in [6.45, 7) is 4.54. The van der Waals surface area contributed by atoms with E-state index >= 15 is 0 Å². The Morgan fingerprint density at radius 1 is 1.53 bits per heavy atom. The lowest BCUT2D eigenvalue weighted by Crippen LogP contribution is -2.17. The molecule has 19 heavy (non-hydrogen) atoms. The average Bonchev–Trinajstić information content (AvgIpc) is 2.96. The Morgan fingerprint density at radius 2 is 2.32 bits per heavy atom. The zero-order valence-electron chi connectivity index (χ0n) is 10.8. The van der Waals surface area contributed by atoms with Gasteiger partial charge in [0.2, 0.25) is 0 Å². The van der Waals surface area contributed by atoms with Gasteiger partial charge in [-0.2, -0.15) is 15.5 Å². The molecule has 0 aliphatic heterocycles. The van der Waals surface area contributed by atoms with E-state index in [0.29, 0.717) is 18.1 Å². The van der Waals surface area contributed by atoms with Crippen molar-refractivity contribution in [2.24, 2.45) is 0 Å². The van der Waals surface area contributed by atoms with Crippen molar-refractivity contribution in [3.05, 3.63) is 29.7 Å². The lowest BCUT2D eigenvalue weighted by Gasteiger charge is -2.03. The Kier molecular flexibility index (Phi) is 3.61. The summed E-state index contributed by atoms with van der Waals surface area (Å²) < 4.78 is 3.09. The normalized spacial score (nSPS) is 10.2. The molecule has 7 heteroatoms. The lowest BCUT2D eigenvalue weighted by atomic mass is 10.3. The number of nitrogens with zero attached hydrogens (tertiary/aromatic N) is 5. The molecule has 2 rings (SSSR count). The number of aromatic nitrogens is 4. The maximum absolute atomic E-state index is 12.1. The summed E-state index contributed by atoms with van der Waals surface area (Å²) >= 11 is 0. The van der Waals surface area contributed by atoms with Crippen LogP contribution in [-0.4, -0.2) is 25.5 Å². The Hall–Kier alpha value is -2.62. The minimum atomic E-state index is -0.260. The molecule has 0 saturated heterocycles. The van der Waals surface area contributed by atoms with Crippen LogP contribution in [0.4, 0.5) is 5.82 Å². The molecule has 1 amide bonds. The van der Waals surface area contributed by atoms with Crippen molar-refractivity contribution in [1.29, 1.82) is 5.26 Å². The van der Waals surface area contributed by atoms with Crippen molar-refractivity contribution < 1.29 is 4.79 Å². The van der Waals surface area contributed by atoms with Gasteiger partial charge in [0.1, 0.15) is 12.2 Å². The number of anilines is 1. The average molecular weight is 258 g/mol. The van der Waals surface area contributed by atoms with Crippen molar-refractivity contribution in [1.82, 2.24) is 19.6 Å². The molecule has 0 aromatic carbocycles. The van der Waals surface area contributed by atoms with Gasteiger partial charge in [-0.1, -0.05) is 0 Å². The SMILES string of the molecule is CCn1nc(C)cc1C(=O)Nc1ccn(CC#N)n1. The minimum Gasteiger partial charge on any atom is -0.304 e. The third kappa shape index (κ3) is 2.80. The number of hydrogen-bond donors (Lipinski definition) is 1. The first kappa shape index (κ1) is 12.8. The quantitative estimate of drug-likeness (QED) is 0.891. The summed E-state index contributed by atoms with van der Waals surface area (Å²) in [5.74, 6) is 0.159. The third-order valence-corrected chi connectivity index (χ3v) is 2.55. The molecule has 0 radical (unpaired) electrons. The number of rotatable bonds is 4. The van der Waals surface area contributed by atoms with E-state index in [2.05, 4.69) is 15.5 Å². The van der Waals surface area contributed by atoms with E-state index in [1.54, 1.807) is 23.0 Å². The predicted molar refractivity (Wildman–Crippen MR) is 68.4 cm³/mol. The summed E-state index contributed by atoms with van der Waals surface area (Å²) in [6.07, 6.45) is 1.64. The number of aryl methyl sites for hydroxylation is 2. The molecule has 0 aliphatic carbocycles. The maximum Gasteiger partial charge on any atom is 0.275 e. The Balaban J connectivity index is 2.13. The molecule has 0 atom stereocenters. The summed E-state index contributed by atoms with van der Waals surface area (Å²) in [7, 11) is 0. The van der Waals surface area contributed by atoms with E-state index in [1.807, 2.05) is 19.9 Å². The molecule has 1 N–H and O–H groups in total. The lowest BCUT2D eigenvalue weighted by molar-refractivity contribution is 0.101. The number of nitriles is 1. The molecule has 2 heterocycles. The van der Waals surface area contributed by atoms with Crippen LogP contribution in [0.25, 0.3) is 0 Å². The van der Waals surface area contributed by atoms with Crippen molar-refractivity contribution in [3.63, 3.8) is 0 Å². The van der Waals surface area contributed by atoms with Crippen LogP contribution in [0.5, 0.6) is 0 Å². The van der Waals surface area contributed by atoms with E-state index < -0.39 is 0 Å². The fourth-order valence-corrected chi connectivity index (χ4v) is 1.74. The van der Waals surface area contributed by atoms with Crippen LogP contribution < -0.4 is 5.32 Å². The molecule has 0 fully saturated rings. The highest BCUT2D eigenvalue weighted by Gasteiger charge is 2.14. The molecule has 0 spiro atoms. The van der Waals surface area contributed by atoms with Crippen LogP contribution in [0, 0.1) is 18.3 Å². The van der Waals surface area contributed by atoms with E-state index in [9.17, 15) is 4.79 Å². The van der Waals surface area contributed by atoms with Crippen LogP contribution in [0.1, 0.15) is 23.1 Å². The topological polar surface area (TPSA) is 88.5 Å². The van der Waals surface area contributed by atoms with Crippen LogP contribution >= 0.6 is 0 Å². The van der Waals surface area contributed by atoms with Crippen molar-refractivity contribution in [2.45, 2.75) is 26.9 Å². The third-order valence-electron chi connectivity index (χ3n) is 2.55. The van der Waals surface area contributed by atoms with Gasteiger partial charge in [0, 0.05) is 18.8 Å². The van der Waals surface area contributed by atoms with Crippen molar-refractivity contribution >= 4 is 11.7 Å². The summed E-state index contributed by atoms with van der Waals surface area (Å²) in [6, 6.07) is 5.35. The van der Waals surface area contributed by atoms with E-state index in [0.717, 1.165) is 5.69 Å². The van der Waals surface area contributed by atoms with E-state index in [-0.39, 0.29) is 12.5 Å². The largest absolute Gasteiger partial charge is 0.304 e. The molecule has 0 saturated carbocycles. The summed E-state index contributed by atoms with van der Waals surface area (Å²) in [4.78, 5) is 12.1. The van der Waals surface area contributed by atoms with Gasteiger partial charge in [-0.25, -0.2) is 0 Å². The number of nitrogens with one attached hydrogen (secondary N) is 1.